The summed E-state index contributed by atoms with van der Waals surface area (Å²) in [4.78, 5) is 23.5. The van der Waals surface area contributed by atoms with Crippen LogP contribution in [0.2, 0.25) is 0 Å². The Morgan fingerprint density at radius 3 is 2.11 bits per heavy atom. The largest absolute Gasteiger partial charge is 0.492 e. The van der Waals surface area contributed by atoms with E-state index in [0.717, 1.165) is 18.5 Å². The van der Waals surface area contributed by atoms with Crippen LogP contribution >= 0.6 is 45.2 Å². The normalized spacial score (nSPS) is 10.8. The number of ether oxygens (including phenoxy) is 1. The molecule has 6 nitrogen and oxygen atoms in total. The number of rotatable bonds is 6. The molecule has 0 unspecified atom stereocenters. The minimum Gasteiger partial charge on any atom is -0.492 e. The fourth-order valence-corrected chi connectivity index (χ4v) is 4.43. The number of nitrogens with one attached hydrogen (secondary N) is 2. The van der Waals surface area contributed by atoms with E-state index in [0.29, 0.717) is 18.0 Å². The first-order valence-corrected chi connectivity index (χ1v) is 10.4. The van der Waals surface area contributed by atoms with Crippen molar-refractivity contribution in [1.29, 1.82) is 5.26 Å². The van der Waals surface area contributed by atoms with Crippen LogP contribution in [-0.4, -0.2) is 18.4 Å². The lowest BCUT2D eigenvalue weighted by atomic mass is 10.1. The molecule has 0 aromatic heterocycles. The first kappa shape index (κ1) is 22.2. The maximum atomic E-state index is 12.4. The van der Waals surface area contributed by atoms with Crippen molar-refractivity contribution in [2.24, 2.45) is 0 Å². The average molecular weight is 601 g/mol. The first-order chi connectivity index (χ1) is 13.3. The highest BCUT2D eigenvalue weighted by molar-refractivity contribution is 14.1. The molecule has 0 aliphatic rings. The van der Waals surface area contributed by atoms with Gasteiger partial charge in [0, 0.05) is 18.3 Å². The Bertz CT molecular complexity index is 941. The SMILES string of the molecule is CCOc1c(I)cc(C=C(C#N)C(=O)Nc2ccc(NC(C)=O)cc2)cc1I. The number of nitrogens with zero attached hydrogens (tertiary/aromatic N) is 1. The Morgan fingerprint density at radius 2 is 1.64 bits per heavy atom. The highest BCUT2D eigenvalue weighted by atomic mass is 127. The summed E-state index contributed by atoms with van der Waals surface area (Å²) in [6.07, 6.45) is 1.54. The summed E-state index contributed by atoms with van der Waals surface area (Å²) in [5.41, 5.74) is 1.88. The Morgan fingerprint density at radius 1 is 1.11 bits per heavy atom. The van der Waals surface area contributed by atoms with Gasteiger partial charge in [0.25, 0.3) is 5.91 Å². The number of carbonyl (C=O) groups excluding carboxylic acids is 2. The Kier molecular flexibility index (Phi) is 8.25. The molecule has 2 N–H and O–H groups in total. The van der Waals surface area contributed by atoms with Crippen LogP contribution in [0.15, 0.2) is 42.0 Å². The summed E-state index contributed by atoms with van der Waals surface area (Å²) >= 11 is 4.34. The molecule has 0 spiro atoms. The van der Waals surface area contributed by atoms with Crippen LogP contribution in [0.25, 0.3) is 6.08 Å². The van der Waals surface area contributed by atoms with Gasteiger partial charge in [0.05, 0.1) is 13.7 Å². The zero-order chi connectivity index (χ0) is 20.7. The first-order valence-electron chi connectivity index (χ1n) is 8.26. The second kappa shape index (κ2) is 10.4. The van der Waals surface area contributed by atoms with Crippen molar-refractivity contribution in [3.05, 3.63) is 54.7 Å². The van der Waals surface area contributed by atoms with Crippen molar-refractivity contribution in [3.8, 4) is 11.8 Å². The molecule has 0 aliphatic carbocycles. The second-order valence-corrected chi connectivity index (χ2v) is 7.95. The summed E-state index contributed by atoms with van der Waals surface area (Å²) in [5, 5.41) is 14.7. The van der Waals surface area contributed by atoms with Crippen LogP contribution in [0.4, 0.5) is 11.4 Å². The lowest BCUT2D eigenvalue weighted by Gasteiger charge is -2.10. The summed E-state index contributed by atoms with van der Waals surface area (Å²) in [7, 11) is 0. The van der Waals surface area contributed by atoms with E-state index in [1.165, 1.54) is 6.92 Å². The number of benzene rings is 2. The number of halogens is 2. The molecule has 2 aromatic carbocycles. The van der Waals surface area contributed by atoms with Crippen LogP contribution < -0.4 is 15.4 Å². The summed E-state index contributed by atoms with van der Waals surface area (Å²) in [5.74, 6) is 0.114. The van der Waals surface area contributed by atoms with E-state index < -0.39 is 5.91 Å². The van der Waals surface area contributed by atoms with Gasteiger partial charge >= 0.3 is 0 Å². The highest BCUT2D eigenvalue weighted by Gasteiger charge is 2.12. The molecule has 0 heterocycles. The van der Waals surface area contributed by atoms with E-state index in [2.05, 4.69) is 55.8 Å². The molecule has 0 aliphatic heterocycles. The molecule has 0 fully saturated rings. The molecule has 144 valence electrons. The van der Waals surface area contributed by atoms with Gasteiger partial charge in [0.1, 0.15) is 17.4 Å². The molecule has 2 rings (SSSR count). The number of amides is 2. The van der Waals surface area contributed by atoms with Crippen LogP contribution in [-0.2, 0) is 9.59 Å². The van der Waals surface area contributed by atoms with Crippen molar-refractivity contribution in [2.45, 2.75) is 13.8 Å². The van der Waals surface area contributed by atoms with E-state index in [1.807, 2.05) is 25.1 Å². The molecule has 2 amide bonds. The van der Waals surface area contributed by atoms with Gasteiger partial charge in [-0.2, -0.15) is 5.26 Å². The molecule has 0 bridgehead atoms. The van der Waals surface area contributed by atoms with Gasteiger partial charge in [-0.25, -0.2) is 0 Å². The van der Waals surface area contributed by atoms with Gasteiger partial charge in [-0.15, -0.1) is 0 Å². The quantitative estimate of drug-likeness (QED) is 0.283. The monoisotopic (exact) mass is 601 g/mol. The third kappa shape index (κ3) is 6.20. The Balaban J connectivity index is 2.19. The smallest absolute Gasteiger partial charge is 0.266 e. The molecular formula is C20H17I2N3O3. The molecule has 2 aromatic rings. The van der Waals surface area contributed by atoms with E-state index in [4.69, 9.17) is 4.74 Å². The summed E-state index contributed by atoms with van der Waals surface area (Å²) in [6, 6.07) is 12.3. The number of hydrogen-bond donors (Lipinski definition) is 2. The van der Waals surface area contributed by atoms with Crippen LogP contribution in [0.3, 0.4) is 0 Å². The van der Waals surface area contributed by atoms with Crippen molar-refractivity contribution in [1.82, 2.24) is 0 Å². The third-order valence-corrected chi connectivity index (χ3v) is 5.05. The van der Waals surface area contributed by atoms with Crippen molar-refractivity contribution in [3.63, 3.8) is 0 Å². The number of carbonyl (C=O) groups is 2. The van der Waals surface area contributed by atoms with Gasteiger partial charge < -0.3 is 15.4 Å². The minimum absolute atomic E-state index is 0.0123. The number of hydrogen-bond acceptors (Lipinski definition) is 4. The fraction of sp³-hybridized carbons (Fsp3) is 0.150. The minimum atomic E-state index is -0.506. The van der Waals surface area contributed by atoms with E-state index >= 15 is 0 Å². The van der Waals surface area contributed by atoms with Crippen molar-refractivity contribution in [2.75, 3.05) is 17.2 Å². The van der Waals surface area contributed by atoms with Gasteiger partial charge in [-0.05, 0) is 100 Å². The summed E-state index contributed by atoms with van der Waals surface area (Å²) < 4.78 is 7.42. The number of anilines is 2. The van der Waals surface area contributed by atoms with Crippen molar-refractivity contribution < 1.29 is 14.3 Å². The molecular weight excluding hydrogens is 584 g/mol. The van der Waals surface area contributed by atoms with Gasteiger partial charge in [0.2, 0.25) is 5.91 Å². The molecule has 0 saturated carbocycles. The summed E-state index contributed by atoms with van der Waals surface area (Å²) in [6.45, 7) is 3.90. The standard InChI is InChI=1S/C20H17I2N3O3/c1-3-28-19-17(21)9-13(10-18(19)22)8-14(11-23)20(27)25-16-6-4-15(5-7-16)24-12(2)26/h4-10H,3H2,1-2H3,(H,24,26)(H,25,27). The molecule has 0 radical (unpaired) electrons. The predicted octanol–water partition coefficient (Wildman–Crippen LogP) is 4.80. The Labute approximate surface area is 190 Å². The molecule has 0 saturated heterocycles. The van der Waals surface area contributed by atoms with E-state index in [-0.39, 0.29) is 11.5 Å². The van der Waals surface area contributed by atoms with Gasteiger partial charge in [-0.3, -0.25) is 9.59 Å². The molecule has 28 heavy (non-hydrogen) atoms. The predicted molar refractivity (Wildman–Crippen MR) is 126 cm³/mol. The van der Waals surface area contributed by atoms with Crippen LogP contribution in [0.1, 0.15) is 19.4 Å². The maximum absolute atomic E-state index is 12.4. The topological polar surface area (TPSA) is 91.2 Å². The molecule has 0 atom stereocenters. The van der Waals surface area contributed by atoms with Gasteiger partial charge in [-0.1, -0.05) is 0 Å². The third-order valence-electron chi connectivity index (χ3n) is 3.45. The Hall–Kier alpha value is -2.13. The lowest BCUT2D eigenvalue weighted by Crippen LogP contribution is -2.13. The fourth-order valence-electron chi connectivity index (χ4n) is 2.30. The zero-order valence-electron chi connectivity index (χ0n) is 15.2. The lowest BCUT2D eigenvalue weighted by molar-refractivity contribution is -0.114. The maximum Gasteiger partial charge on any atom is 0.266 e. The van der Waals surface area contributed by atoms with Crippen LogP contribution in [0.5, 0.6) is 5.75 Å². The van der Waals surface area contributed by atoms with Crippen LogP contribution in [0, 0.1) is 18.5 Å². The highest BCUT2D eigenvalue weighted by Crippen LogP contribution is 2.30. The average Bonchev–Trinajstić information content (AvgIpc) is 2.64. The zero-order valence-corrected chi connectivity index (χ0v) is 19.5. The van der Waals surface area contributed by atoms with E-state index in [9.17, 15) is 14.9 Å². The van der Waals surface area contributed by atoms with Gasteiger partial charge in [0.15, 0.2) is 0 Å². The van der Waals surface area contributed by atoms with Crippen molar-refractivity contribution >= 4 is 74.4 Å². The second-order valence-electron chi connectivity index (χ2n) is 5.63. The van der Waals surface area contributed by atoms with E-state index in [1.54, 1.807) is 30.3 Å². The number of nitriles is 1. The molecule has 8 heteroatoms.